The molecule has 1 aromatic carbocycles. The zero-order chi connectivity index (χ0) is 16.5. The second-order valence-electron chi connectivity index (χ2n) is 6.10. The van der Waals surface area contributed by atoms with Gasteiger partial charge in [-0.05, 0) is 55.5 Å². The van der Waals surface area contributed by atoms with Crippen molar-refractivity contribution in [3.05, 3.63) is 35.4 Å². The maximum atomic E-state index is 8.80. The van der Waals surface area contributed by atoms with Crippen molar-refractivity contribution in [2.24, 2.45) is 5.92 Å². The van der Waals surface area contributed by atoms with Crippen molar-refractivity contribution in [3.63, 3.8) is 0 Å². The number of benzene rings is 1. The highest BCUT2D eigenvalue weighted by Gasteiger charge is 2.15. The molecule has 1 saturated heterocycles. The van der Waals surface area contributed by atoms with E-state index in [0.717, 1.165) is 30.2 Å². The molecule has 4 heteroatoms. The zero-order valence-corrected chi connectivity index (χ0v) is 13.7. The molecule has 1 aliphatic heterocycles. The van der Waals surface area contributed by atoms with E-state index in [9.17, 15) is 0 Å². The molecule has 1 fully saturated rings. The Kier molecular flexibility index (Phi) is 6.66. The van der Waals surface area contributed by atoms with Crippen LogP contribution >= 0.6 is 0 Å². The normalized spacial score (nSPS) is 17.8. The average Bonchev–Trinajstić information content (AvgIpc) is 2.57. The second kappa shape index (κ2) is 8.98. The summed E-state index contributed by atoms with van der Waals surface area (Å²) in [6, 6.07) is 11.2. The Hall–Kier alpha value is -2.30. The van der Waals surface area contributed by atoms with Gasteiger partial charge in [-0.25, -0.2) is 0 Å². The smallest absolute Gasteiger partial charge is 0.130 e. The van der Waals surface area contributed by atoms with Crippen LogP contribution in [0.1, 0.15) is 31.7 Å². The van der Waals surface area contributed by atoms with E-state index < -0.39 is 0 Å². The van der Waals surface area contributed by atoms with Crippen molar-refractivity contribution in [1.29, 1.82) is 10.5 Å². The first kappa shape index (κ1) is 17.1. The molecule has 1 aromatic rings. The molecule has 2 rings (SSSR count). The topological polar surface area (TPSA) is 60.0 Å². The molecule has 1 aliphatic rings. The van der Waals surface area contributed by atoms with E-state index in [4.69, 9.17) is 15.3 Å². The van der Waals surface area contributed by atoms with Gasteiger partial charge in [0, 0.05) is 13.1 Å². The summed E-state index contributed by atoms with van der Waals surface area (Å²) >= 11 is 0. The third-order valence-electron chi connectivity index (χ3n) is 4.04. The van der Waals surface area contributed by atoms with E-state index >= 15 is 0 Å². The summed E-state index contributed by atoms with van der Waals surface area (Å²) in [5.41, 5.74) is 0.909. The molecular weight excluding hydrogens is 286 g/mol. The van der Waals surface area contributed by atoms with E-state index in [0.29, 0.717) is 6.61 Å². The number of allylic oxidation sites excluding steroid dienone is 1. The molecular formula is C19H23N3O. The van der Waals surface area contributed by atoms with Gasteiger partial charge >= 0.3 is 0 Å². The zero-order valence-electron chi connectivity index (χ0n) is 13.7. The lowest BCUT2D eigenvalue weighted by Gasteiger charge is -2.30. The summed E-state index contributed by atoms with van der Waals surface area (Å²) in [5, 5.41) is 17.6. The highest BCUT2D eigenvalue weighted by Crippen LogP contribution is 2.17. The Labute approximate surface area is 138 Å². The molecule has 0 saturated carbocycles. The summed E-state index contributed by atoms with van der Waals surface area (Å²) in [7, 11) is 0. The highest BCUT2D eigenvalue weighted by molar-refractivity contribution is 5.62. The summed E-state index contributed by atoms with van der Waals surface area (Å²) in [6.07, 6.45) is 5.23. The van der Waals surface area contributed by atoms with E-state index in [1.807, 2.05) is 36.4 Å². The molecule has 1 heterocycles. The Bertz CT molecular complexity index is 608. The van der Waals surface area contributed by atoms with Crippen molar-refractivity contribution >= 4 is 6.08 Å². The third-order valence-corrected chi connectivity index (χ3v) is 4.04. The standard InChI is InChI=1S/C19H23N3O/c1-16-5-3-8-22(15-16)9-4-10-23-19-7-2-6-17(12-19)11-18(13-20)14-21/h2,6-7,11-12,16H,3-5,8-10,15H2,1H3. The number of nitriles is 2. The maximum Gasteiger partial charge on any atom is 0.130 e. The fourth-order valence-corrected chi connectivity index (χ4v) is 2.92. The van der Waals surface area contributed by atoms with Gasteiger partial charge in [-0.3, -0.25) is 0 Å². The van der Waals surface area contributed by atoms with Gasteiger partial charge in [-0.15, -0.1) is 0 Å². The Balaban J connectivity index is 1.79. The molecule has 0 aromatic heterocycles. The molecule has 120 valence electrons. The average molecular weight is 309 g/mol. The van der Waals surface area contributed by atoms with Crippen LogP contribution in [-0.4, -0.2) is 31.1 Å². The van der Waals surface area contributed by atoms with Crippen LogP contribution in [0.5, 0.6) is 5.75 Å². The fourth-order valence-electron chi connectivity index (χ4n) is 2.92. The molecule has 4 nitrogen and oxygen atoms in total. The molecule has 0 aliphatic carbocycles. The molecule has 0 spiro atoms. The van der Waals surface area contributed by atoms with Gasteiger partial charge in [0.2, 0.25) is 0 Å². The number of hydrogen-bond acceptors (Lipinski definition) is 4. The van der Waals surface area contributed by atoms with E-state index in [1.165, 1.54) is 25.9 Å². The van der Waals surface area contributed by atoms with Crippen LogP contribution in [0.15, 0.2) is 29.8 Å². The molecule has 23 heavy (non-hydrogen) atoms. The van der Waals surface area contributed by atoms with Gasteiger partial charge in [-0.2, -0.15) is 10.5 Å². The van der Waals surface area contributed by atoms with Gasteiger partial charge in [0.05, 0.1) is 6.61 Å². The van der Waals surface area contributed by atoms with Crippen LogP contribution in [0.4, 0.5) is 0 Å². The van der Waals surface area contributed by atoms with Crippen molar-refractivity contribution in [2.45, 2.75) is 26.2 Å². The second-order valence-corrected chi connectivity index (χ2v) is 6.10. The number of hydrogen-bond donors (Lipinski definition) is 0. The van der Waals surface area contributed by atoms with Crippen LogP contribution in [0.2, 0.25) is 0 Å². The van der Waals surface area contributed by atoms with Crippen molar-refractivity contribution in [1.82, 2.24) is 4.90 Å². The number of likely N-dealkylation sites (tertiary alicyclic amines) is 1. The number of ether oxygens (including phenoxy) is 1. The minimum Gasteiger partial charge on any atom is -0.494 e. The lowest BCUT2D eigenvalue weighted by Crippen LogP contribution is -2.35. The van der Waals surface area contributed by atoms with Crippen LogP contribution < -0.4 is 4.74 Å². The quantitative estimate of drug-likeness (QED) is 0.595. The number of rotatable bonds is 6. The first-order valence-corrected chi connectivity index (χ1v) is 8.18. The van der Waals surface area contributed by atoms with Gasteiger partial charge in [0.25, 0.3) is 0 Å². The predicted octanol–water partition coefficient (Wildman–Crippen LogP) is 3.62. The van der Waals surface area contributed by atoms with Gasteiger partial charge < -0.3 is 9.64 Å². The van der Waals surface area contributed by atoms with Crippen LogP contribution in [0, 0.1) is 28.6 Å². The van der Waals surface area contributed by atoms with Crippen LogP contribution in [0.3, 0.4) is 0 Å². The van der Waals surface area contributed by atoms with Crippen LogP contribution in [-0.2, 0) is 0 Å². The third kappa shape index (κ3) is 5.77. The SMILES string of the molecule is CC1CCCN(CCCOc2cccc(C=C(C#N)C#N)c2)C1. The minimum absolute atomic E-state index is 0.0985. The van der Waals surface area contributed by atoms with Gasteiger partial charge in [0.1, 0.15) is 23.5 Å². The summed E-state index contributed by atoms with van der Waals surface area (Å²) in [5.74, 6) is 1.59. The summed E-state index contributed by atoms with van der Waals surface area (Å²) in [4.78, 5) is 2.52. The molecule has 1 atom stereocenters. The summed E-state index contributed by atoms with van der Waals surface area (Å²) in [6.45, 7) is 6.48. The lowest BCUT2D eigenvalue weighted by atomic mass is 10.0. The largest absolute Gasteiger partial charge is 0.494 e. The molecule has 0 amide bonds. The van der Waals surface area contributed by atoms with E-state index in [2.05, 4.69) is 11.8 Å². The lowest BCUT2D eigenvalue weighted by molar-refractivity contribution is 0.170. The minimum atomic E-state index is 0.0985. The molecule has 0 bridgehead atoms. The molecule has 0 radical (unpaired) electrons. The number of piperidine rings is 1. The highest BCUT2D eigenvalue weighted by atomic mass is 16.5. The number of nitrogens with zero attached hydrogens (tertiary/aromatic N) is 3. The monoisotopic (exact) mass is 309 g/mol. The van der Waals surface area contributed by atoms with Gasteiger partial charge in [0.15, 0.2) is 0 Å². The van der Waals surface area contributed by atoms with Crippen LogP contribution in [0.25, 0.3) is 6.08 Å². The Morgan fingerprint density at radius 3 is 2.96 bits per heavy atom. The Morgan fingerprint density at radius 2 is 2.22 bits per heavy atom. The van der Waals surface area contributed by atoms with Gasteiger partial charge in [-0.1, -0.05) is 19.1 Å². The first-order valence-electron chi connectivity index (χ1n) is 8.18. The molecule has 0 N–H and O–H groups in total. The van der Waals surface area contributed by atoms with Crippen molar-refractivity contribution < 1.29 is 4.74 Å². The first-order chi connectivity index (χ1) is 11.2. The maximum absolute atomic E-state index is 8.80. The summed E-state index contributed by atoms with van der Waals surface area (Å²) < 4.78 is 5.79. The fraction of sp³-hybridized carbons (Fsp3) is 0.474. The van der Waals surface area contributed by atoms with Crippen molar-refractivity contribution in [2.75, 3.05) is 26.2 Å². The molecule has 1 unspecified atom stereocenters. The predicted molar refractivity (Wildman–Crippen MR) is 90.6 cm³/mol. The Morgan fingerprint density at radius 1 is 1.39 bits per heavy atom. The van der Waals surface area contributed by atoms with E-state index in [-0.39, 0.29) is 5.57 Å². The van der Waals surface area contributed by atoms with E-state index in [1.54, 1.807) is 6.08 Å². The van der Waals surface area contributed by atoms with Crippen molar-refractivity contribution in [3.8, 4) is 17.9 Å².